The van der Waals surface area contributed by atoms with Crippen LogP contribution < -0.4 is 10.1 Å². The Kier molecular flexibility index (Phi) is 5.72. The summed E-state index contributed by atoms with van der Waals surface area (Å²) in [6, 6.07) is 9.42. The number of benzene rings is 1. The molecule has 2 aliphatic rings. The lowest BCUT2D eigenvalue weighted by Gasteiger charge is -2.41. The predicted molar refractivity (Wildman–Crippen MR) is 113 cm³/mol. The normalized spacial score (nSPS) is 18.5. The molecule has 0 bridgehead atoms. The summed E-state index contributed by atoms with van der Waals surface area (Å²) < 4.78 is 6.47. The third-order valence-corrected chi connectivity index (χ3v) is 5.93. The van der Waals surface area contributed by atoms with E-state index in [4.69, 9.17) is 4.74 Å². The number of likely N-dealkylation sites (tertiary alicyclic amines) is 1. The second-order valence-corrected chi connectivity index (χ2v) is 8.38. The van der Waals surface area contributed by atoms with Crippen molar-refractivity contribution < 1.29 is 14.3 Å². The van der Waals surface area contributed by atoms with E-state index in [0.29, 0.717) is 24.4 Å². The van der Waals surface area contributed by atoms with E-state index in [-0.39, 0.29) is 18.4 Å². The number of hydrogen-bond donors (Lipinski definition) is 1. The zero-order valence-electron chi connectivity index (χ0n) is 17.6. The molecule has 0 aliphatic carbocycles. The van der Waals surface area contributed by atoms with Crippen LogP contribution in [0.2, 0.25) is 0 Å². The van der Waals surface area contributed by atoms with Gasteiger partial charge >= 0.3 is 0 Å². The highest BCUT2D eigenvalue weighted by Gasteiger charge is 2.42. The van der Waals surface area contributed by atoms with E-state index < -0.39 is 5.60 Å². The lowest BCUT2D eigenvalue weighted by molar-refractivity contribution is -0.122. The van der Waals surface area contributed by atoms with Crippen LogP contribution in [0.25, 0.3) is 0 Å². The Morgan fingerprint density at radius 1 is 1.20 bits per heavy atom. The van der Waals surface area contributed by atoms with Crippen molar-refractivity contribution in [3.8, 4) is 5.75 Å². The third kappa shape index (κ3) is 4.46. The molecular formula is C23H28N4O3. The van der Waals surface area contributed by atoms with Crippen LogP contribution in [0.5, 0.6) is 5.75 Å². The van der Waals surface area contributed by atoms with Crippen LogP contribution in [0.15, 0.2) is 42.7 Å². The molecule has 2 amide bonds. The van der Waals surface area contributed by atoms with Crippen molar-refractivity contribution in [2.75, 3.05) is 33.2 Å². The van der Waals surface area contributed by atoms with Crippen molar-refractivity contribution in [2.24, 2.45) is 0 Å². The molecule has 0 saturated carbocycles. The van der Waals surface area contributed by atoms with Gasteiger partial charge in [-0.15, -0.1) is 0 Å². The van der Waals surface area contributed by atoms with Crippen molar-refractivity contribution in [1.82, 2.24) is 20.1 Å². The van der Waals surface area contributed by atoms with Gasteiger partial charge in [0.15, 0.2) is 0 Å². The number of rotatable bonds is 4. The summed E-state index contributed by atoms with van der Waals surface area (Å²) in [6.45, 7) is 4.59. The molecule has 3 heterocycles. The van der Waals surface area contributed by atoms with Crippen molar-refractivity contribution in [3.05, 3.63) is 59.4 Å². The van der Waals surface area contributed by atoms with Gasteiger partial charge in [-0.25, -0.2) is 0 Å². The Morgan fingerprint density at radius 2 is 1.93 bits per heavy atom. The maximum absolute atomic E-state index is 13.3. The number of aryl methyl sites for hydroxylation is 1. The molecular weight excluding hydrogens is 380 g/mol. The number of hydrogen-bond acceptors (Lipinski definition) is 5. The number of carbonyl (C=O) groups is 2. The Balaban J connectivity index is 1.54. The molecule has 1 aromatic heterocycles. The maximum atomic E-state index is 13.3. The molecule has 1 N–H and O–H groups in total. The number of piperidine rings is 1. The van der Waals surface area contributed by atoms with Gasteiger partial charge in [-0.3, -0.25) is 14.6 Å². The summed E-state index contributed by atoms with van der Waals surface area (Å²) in [5.74, 6) is 0.290. The Bertz CT molecular complexity index is 923. The van der Waals surface area contributed by atoms with Crippen LogP contribution in [0.3, 0.4) is 0 Å². The van der Waals surface area contributed by atoms with Gasteiger partial charge in [0.25, 0.3) is 5.91 Å². The second-order valence-electron chi connectivity index (χ2n) is 8.38. The maximum Gasteiger partial charge on any atom is 0.258 e. The minimum absolute atomic E-state index is 0.0122. The average molecular weight is 409 g/mol. The number of amides is 2. The van der Waals surface area contributed by atoms with Gasteiger partial charge in [-0.05, 0) is 43.8 Å². The minimum atomic E-state index is -0.464. The Hall–Kier alpha value is -2.93. The monoisotopic (exact) mass is 408 g/mol. The number of nitrogens with one attached hydrogen (secondary N) is 1. The molecule has 2 aliphatic heterocycles. The molecule has 7 nitrogen and oxygen atoms in total. The molecule has 4 rings (SSSR count). The quantitative estimate of drug-likeness (QED) is 0.838. The lowest BCUT2D eigenvalue weighted by atomic mass is 9.90. The van der Waals surface area contributed by atoms with Gasteiger partial charge in [-0.2, -0.15) is 0 Å². The van der Waals surface area contributed by atoms with Crippen LogP contribution in [0.4, 0.5) is 0 Å². The van der Waals surface area contributed by atoms with E-state index in [2.05, 4.69) is 22.2 Å². The number of fused-ring (bicyclic) bond motifs is 1. The van der Waals surface area contributed by atoms with Gasteiger partial charge in [0.2, 0.25) is 5.91 Å². The molecule has 7 heteroatoms. The topological polar surface area (TPSA) is 74.8 Å². The van der Waals surface area contributed by atoms with Gasteiger partial charge < -0.3 is 19.9 Å². The summed E-state index contributed by atoms with van der Waals surface area (Å²) in [6.07, 6.45) is 5.03. The second kappa shape index (κ2) is 8.44. The van der Waals surface area contributed by atoms with Crippen LogP contribution in [0, 0.1) is 6.92 Å². The fraction of sp³-hybridized carbons (Fsp3) is 0.435. The highest BCUT2D eigenvalue weighted by Crippen LogP contribution is 2.35. The van der Waals surface area contributed by atoms with E-state index in [9.17, 15) is 9.59 Å². The summed E-state index contributed by atoms with van der Waals surface area (Å²) in [4.78, 5) is 33.9. The zero-order chi connectivity index (χ0) is 21.1. The fourth-order valence-corrected chi connectivity index (χ4v) is 4.10. The molecule has 158 valence electrons. The summed E-state index contributed by atoms with van der Waals surface area (Å²) in [5, 5.41) is 2.91. The number of aromatic nitrogens is 1. The zero-order valence-corrected chi connectivity index (χ0v) is 17.6. The summed E-state index contributed by atoms with van der Waals surface area (Å²) in [5.41, 5.74) is 2.03. The van der Waals surface area contributed by atoms with E-state index >= 15 is 0 Å². The number of carbonyl (C=O) groups excluding carboxylic acids is 2. The fourth-order valence-electron chi connectivity index (χ4n) is 4.10. The van der Waals surface area contributed by atoms with E-state index in [1.165, 1.54) is 0 Å². The van der Waals surface area contributed by atoms with Crippen LogP contribution in [-0.2, 0) is 11.3 Å². The van der Waals surface area contributed by atoms with E-state index in [1.807, 2.05) is 37.3 Å². The SMILES string of the molecule is Cc1ccc2c(c1)C(=O)N(CC(=O)NCc1ccncc1)CC1(CCN(C)CC1)O2. The minimum Gasteiger partial charge on any atom is -0.484 e. The number of nitrogens with zero attached hydrogens (tertiary/aromatic N) is 3. The first kappa shape index (κ1) is 20.3. The highest BCUT2D eigenvalue weighted by molar-refractivity contribution is 5.99. The first-order valence-corrected chi connectivity index (χ1v) is 10.4. The standard InChI is InChI=1S/C23H28N4O3/c1-17-3-4-20-19(13-17)22(29)27(16-23(30-20)7-11-26(2)12-8-23)15-21(28)25-14-18-5-9-24-10-6-18/h3-6,9-10,13H,7-8,11-12,14-16H2,1-2H3,(H,25,28). The van der Waals surface area contributed by atoms with Crippen LogP contribution in [-0.4, -0.2) is 65.4 Å². The first-order chi connectivity index (χ1) is 14.4. The van der Waals surface area contributed by atoms with Crippen molar-refractivity contribution in [3.63, 3.8) is 0 Å². The van der Waals surface area contributed by atoms with Gasteiger partial charge in [0.1, 0.15) is 17.9 Å². The van der Waals surface area contributed by atoms with Crippen LogP contribution >= 0.6 is 0 Å². The Morgan fingerprint density at radius 3 is 2.67 bits per heavy atom. The van der Waals surface area contributed by atoms with Crippen molar-refractivity contribution >= 4 is 11.8 Å². The molecule has 0 radical (unpaired) electrons. The van der Waals surface area contributed by atoms with Gasteiger partial charge in [-0.1, -0.05) is 11.6 Å². The number of ether oxygens (including phenoxy) is 1. The molecule has 2 aromatic rings. The summed E-state index contributed by atoms with van der Waals surface area (Å²) in [7, 11) is 2.09. The van der Waals surface area contributed by atoms with E-state index in [0.717, 1.165) is 37.1 Å². The smallest absolute Gasteiger partial charge is 0.258 e. The first-order valence-electron chi connectivity index (χ1n) is 10.4. The third-order valence-electron chi connectivity index (χ3n) is 5.93. The molecule has 30 heavy (non-hydrogen) atoms. The van der Waals surface area contributed by atoms with Crippen LogP contribution in [0.1, 0.15) is 34.3 Å². The Labute approximate surface area is 177 Å². The van der Waals surface area contributed by atoms with E-state index in [1.54, 1.807) is 17.3 Å². The highest BCUT2D eigenvalue weighted by atomic mass is 16.5. The van der Waals surface area contributed by atoms with Gasteiger partial charge in [0, 0.05) is 44.9 Å². The molecule has 1 fully saturated rings. The lowest BCUT2D eigenvalue weighted by Crippen LogP contribution is -2.54. The average Bonchev–Trinajstić information content (AvgIpc) is 2.85. The van der Waals surface area contributed by atoms with Gasteiger partial charge in [0.05, 0.1) is 12.1 Å². The molecule has 1 saturated heterocycles. The summed E-state index contributed by atoms with van der Waals surface area (Å²) >= 11 is 0. The molecule has 0 unspecified atom stereocenters. The molecule has 1 aromatic carbocycles. The molecule has 1 spiro atoms. The van der Waals surface area contributed by atoms with Crippen molar-refractivity contribution in [2.45, 2.75) is 31.9 Å². The van der Waals surface area contributed by atoms with Crippen molar-refractivity contribution in [1.29, 1.82) is 0 Å². The number of pyridine rings is 1. The molecule has 0 atom stereocenters. The predicted octanol–water partition coefficient (Wildman–Crippen LogP) is 2.01. The largest absolute Gasteiger partial charge is 0.484 e.